The molecule has 0 amide bonds. The van der Waals surface area contributed by atoms with Crippen LogP contribution in [-0.4, -0.2) is 26.0 Å². The van der Waals surface area contributed by atoms with Crippen molar-refractivity contribution in [2.75, 3.05) is 12.3 Å². The molecule has 1 aromatic carbocycles. The maximum Gasteiger partial charge on any atom is 0.153 e. The standard InChI is InChI=1S/C13H20FNO2S/c1-10(2)18(16,17)9-8-15-11(3)12-4-6-13(14)7-5-12/h4-7,10-11,15H,8-9H2,1-3H3/t11-/m0/s1. The van der Waals surface area contributed by atoms with Crippen molar-refractivity contribution in [1.82, 2.24) is 5.32 Å². The first-order valence-electron chi connectivity index (χ1n) is 6.03. The van der Waals surface area contributed by atoms with Gasteiger partial charge in [-0.15, -0.1) is 0 Å². The van der Waals surface area contributed by atoms with Crippen molar-refractivity contribution >= 4 is 9.84 Å². The monoisotopic (exact) mass is 273 g/mol. The van der Waals surface area contributed by atoms with Crippen molar-refractivity contribution in [3.8, 4) is 0 Å². The zero-order valence-corrected chi connectivity index (χ0v) is 11.8. The third kappa shape index (κ3) is 4.38. The summed E-state index contributed by atoms with van der Waals surface area (Å²) < 4.78 is 36.0. The van der Waals surface area contributed by atoms with E-state index in [1.54, 1.807) is 26.0 Å². The van der Waals surface area contributed by atoms with Crippen LogP contribution in [0.1, 0.15) is 32.4 Å². The van der Waals surface area contributed by atoms with Crippen LogP contribution >= 0.6 is 0 Å². The van der Waals surface area contributed by atoms with Crippen molar-refractivity contribution in [3.05, 3.63) is 35.6 Å². The number of hydrogen-bond acceptors (Lipinski definition) is 3. The lowest BCUT2D eigenvalue weighted by Gasteiger charge is -2.15. The Morgan fingerprint density at radius 1 is 1.17 bits per heavy atom. The van der Waals surface area contributed by atoms with Gasteiger partial charge in [0.1, 0.15) is 5.82 Å². The van der Waals surface area contributed by atoms with Crippen molar-refractivity contribution in [3.63, 3.8) is 0 Å². The Morgan fingerprint density at radius 3 is 2.22 bits per heavy atom. The van der Waals surface area contributed by atoms with Gasteiger partial charge in [0.15, 0.2) is 9.84 Å². The summed E-state index contributed by atoms with van der Waals surface area (Å²) in [5.41, 5.74) is 0.943. The fourth-order valence-corrected chi connectivity index (χ4v) is 2.40. The summed E-state index contributed by atoms with van der Waals surface area (Å²) in [5, 5.41) is 2.78. The second-order valence-electron chi connectivity index (χ2n) is 4.64. The minimum atomic E-state index is -3.01. The highest BCUT2D eigenvalue weighted by Crippen LogP contribution is 2.12. The number of nitrogens with one attached hydrogen (secondary N) is 1. The lowest BCUT2D eigenvalue weighted by atomic mass is 10.1. The van der Waals surface area contributed by atoms with E-state index >= 15 is 0 Å². The number of rotatable bonds is 6. The molecule has 1 atom stereocenters. The molecule has 0 radical (unpaired) electrons. The molecule has 102 valence electrons. The van der Waals surface area contributed by atoms with Crippen LogP contribution in [0.5, 0.6) is 0 Å². The van der Waals surface area contributed by atoms with Crippen LogP contribution in [0.3, 0.4) is 0 Å². The summed E-state index contributed by atoms with van der Waals surface area (Å²) in [4.78, 5) is 0. The second-order valence-corrected chi connectivity index (χ2v) is 7.32. The van der Waals surface area contributed by atoms with Crippen LogP contribution in [0.2, 0.25) is 0 Å². The van der Waals surface area contributed by atoms with Gasteiger partial charge in [0.05, 0.1) is 11.0 Å². The van der Waals surface area contributed by atoms with Gasteiger partial charge in [-0.2, -0.15) is 0 Å². The van der Waals surface area contributed by atoms with Crippen molar-refractivity contribution in [1.29, 1.82) is 0 Å². The summed E-state index contributed by atoms with van der Waals surface area (Å²) in [6.07, 6.45) is 0. The molecule has 0 aliphatic rings. The van der Waals surface area contributed by atoms with Crippen molar-refractivity contribution in [2.45, 2.75) is 32.1 Å². The van der Waals surface area contributed by atoms with Crippen LogP contribution in [0, 0.1) is 5.82 Å². The van der Waals surface area contributed by atoms with Crippen LogP contribution in [0.15, 0.2) is 24.3 Å². The van der Waals surface area contributed by atoms with E-state index in [0.717, 1.165) is 5.56 Å². The van der Waals surface area contributed by atoms with Crippen molar-refractivity contribution < 1.29 is 12.8 Å². The van der Waals surface area contributed by atoms with E-state index in [0.29, 0.717) is 6.54 Å². The Morgan fingerprint density at radius 2 is 1.72 bits per heavy atom. The number of sulfone groups is 1. The van der Waals surface area contributed by atoms with E-state index in [1.165, 1.54) is 12.1 Å². The minimum absolute atomic E-state index is 0.00737. The van der Waals surface area contributed by atoms with Gasteiger partial charge in [-0.25, -0.2) is 12.8 Å². The summed E-state index contributed by atoms with van der Waals surface area (Å²) in [7, 11) is -3.01. The van der Waals surface area contributed by atoms with Gasteiger partial charge in [-0.3, -0.25) is 0 Å². The van der Waals surface area contributed by atoms with E-state index in [1.807, 2.05) is 6.92 Å². The maximum atomic E-state index is 12.7. The zero-order chi connectivity index (χ0) is 13.8. The smallest absolute Gasteiger partial charge is 0.153 e. The van der Waals surface area contributed by atoms with E-state index in [4.69, 9.17) is 0 Å². The average Bonchev–Trinajstić information content (AvgIpc) is 2.29. The molecule has 0 saturated carbocycles. The molecule has 0 bridgehead atoms. The quantitative estimate of drug-likeness (QED) is 0.865. The molecule has 1 aromatic rings. The summed E-state index contributed by atoms with van der Waals surface area (Å²) in [5.74, 6) is -0.149. The predicted octanol–water partition coefficient (Wildman–Crippen LogP) is 2.30. The van der Waals surface area contributed by atoms with Gasteiger partial charge in [-0.1, -0.05) is 12.1 Å². The Labute approximate surface area is 108 Å². The topological polar surface area (TPSA) is 46.2 Å². The van der Waals surface area contributed by atoms with Crippen LogP contribution < -0.4 is 5.32 Å². The van der Waals surface area contributed by atoms with Gasteiger partial charge in [0, 0.05) is 12.6 Å². The predicted molar refractivity (Wildman–Crippen MR) is 71.7 cm³/mol. The molecule has 5 heteroatoms. The van der Waals surface area contributed by atoms with Gasteiger partial charge < -0.3 is 5.32 Å². The normalized spacial score (nSPS) is 13.8. The van der Waals surface area contributed by atoms with Gasteiger partial charge in [-0.05, 0) is 38.5 Å². The SMILES string of the molecule is CC(C)S(=O)(=O)CCN[C@@H](C)c1ccc(F)cc1. The fourth-order valence-electron chi connectivity index (χ4n) is 1.52. The van der Waals surface area contributed by atoms with Crippen molar-refractivity contribution in [2.24, 2.45) is 0 Å². The first kappa shape index (κ1) is 15.1. The Bertz CT molecular complexity index is 468. The molecule has 3 nitrogen and oxygen atoms in total. The minimum Gasteiger partial charge on any atom is -0.309 e. The highest BCUT2D eigenvalue weighted by molar-refractivity contribution is 7.92. The molecular formula is C13H20FNO2S. The van der Waals surface area contributed by atoms with Gasteiger partial charge in [0.25, 0.3) is 0 Å². The van der Waals surface area contributed by atoms with Crippen LogP contribution in [-0.2, 0) is 9.84 Å². The maximum absolute atomic E-state index is 12.7. The second kappa shape index (κ2) is 6.29. The summed E-state index contributed by atoms with van der Waals surface area (Å²) in [6, 6.07) is 6.21. The molecule has 0 unspecified atom stereocenters. The number of benzene rings is 1. The zero-order valence-electron chi connectivity index (χ0n) is 11.0. The highest BCUT2D eigenvalue weighted by atomic mass is 32.2. The number of hydrogen-bond donors (Lipinski definition) is 1. The summed E-state index contributed by atoms with van der Waals surface area (Å²) >= 11 is 0. The molecule has 0 fully saturated rings. The first-order valence-corrected chi connectivity index (χ1v) is 7.75. The molecule has 0 spiro atoms. The molecule has 1 N–H and O–H groups in total. The average molecular weight is 273 g/mol. The lowest BCUT2D eigenvalue weighted by Crippen LogP contribution is -2.29. The van der Waals surface area contributed by atoms with Crippen LogP contribution in [0.25, 0.3) is 0 Å². The molecule has 0 aliphatic carbocycles. The highest BCUT2D eigenvalue weighted by Gasteiger charge is 2.15. The first-order chi connectivity index (χ1) is 8.33. The Kier molecular flexibility index (Phi) is 5.28. The van der Waals surface area contributed by atoms with Gasteiger partial charge in [0.2, 0.25) is 0 Å². The molecule has 1 rings (SSSR count). The number of halogens is 1. The molecule has 0 aliphatic heterocycles. The van der Waals surface area contributed by atoms with E-state index in [-0.39, 0.29) is 22.9 Å². The third-order valence-corrected chi connectivity index (χ3v) is 5.13. The van der Waals surface area contributed by atoms with E-state index in [9.17, 15) is 12.8 Å². The fraction of sp³-hybridized carbons (Fsp3) is 0.538. The summed E-state index contributed by atoms with van der Waals surface area (Å²) in [6.45, 7) is 5.69. The van der Waals surface area contributed by atoms with Gasteiger partial charge >= 0.3 is 0 Å². The third-order valence-electron chi connectivity index (χ3n) is 2.93. The Hall–Kier alpha value is -0.940. The molecular weight excluding hydrogens is 253 g/mol. The van der Waals surface area contributed by atoms with E-state index in [2.05, 4.69) is 5.32 Å². The van der Waals surface area contributed by atoms with Crippen LogP contribution in [0.4, 0.5) is 4.39 Å². The Balaban J connectivity index is 2.47. The molecule has 18 heavy (non-hydrogen) atoms. The van der Waals surface area contributed by atoms with E-state index < -0.39 is 9.84 Å². The largest absolute Gasteiger partial charge is 0.309 e. The lowest BCUT2D eigenvalue weighted by molar-refractivity contribution is 0.565. The molecule has 0 heterocycles. The molecule has 0 saturated heterocycles. The molecule has 0 aromatic heterocycles.